The topological polar surface area (TPSA) is 143 Å². The molecule has 9 nitrogen and oxygen atoms in total. The van der Waals surface area contributed by atoms with E-state index >= 15 is 0 Å². The molecule has 0 saturated carbocycles. The first-order valence-corrected chi connectivity index (χ1v) is 13.7. The molecule has 2 aliphatic rings. The SMILES string of the molecule is CNC(=O)N[C@@H]1C=C[C@@H]2/C=C(C)/C=C/[C@@H](C)[C@H]([C@H](C)[C@H](O)[C@@H](N)NC(C)=O)OC(=O)/C=C/C=C(C)\C=C\[C@]2(C)C1. The third kappa shape index (κ3) is 9.64. The van der Waals surface area contributed by atoms with E-state index in [0.717, 1.165) is 11.1 Å². The van der Waals surface area contributed by atoms with Crippen molar-refractivity contribution in [2.45, 2.75) is 72.4 Å². The summed E-state index contributed by atoms with van der Waals surface area (Å²) >= 11 is 0. The Morgan fingerprint density at radius 3 is 2.50 bits per heavy atom. The van der Waals surface area contributed by atoms with E-state index in [-0.39, 0.29) is 35.2 Å². The second-order valence-corrected chi connectivity index (χ2v) is 11.2. The van der Waals surface area contributed by atoms with Gasteiger partial charge in [-0.15, -0.1) is 0 Å². The lowest BCUT2D eigenvalue weighted by Gasteiger charge is -2.38. The number of urea groups is 1. The first-order valence-electron chi connectivity index (χ1n) is 13.7. The average molecular weight is 555 g/mol. The van der Waals surface area contributed by atoms with Gasteiger partial charge in [0, 0.05) is 43.8 Å². The number of rotatable bonds is 5. The van der Waals surface area contributed by atoms with Crippen LogP contribution in [0.3, 0.4) is 0 Å². The van der Waals surface area contributed by atoms with Crippen LogP contribution in [-0.4, -0.2) is 54.5 Å². The van der Waals surface area contributed by atoms with Crippen LogP contribution in [0.5, 0.6) is 0 Å². The number of ether oxygens (including phenoxy) is 1. The molecule has 3 amide bonds. The lowest BCUT2D eigenvalue weighted by molar-refractivity contribution is -0.151. The van der Waals surface area contributed by atoms with Gasteiger partial charge >= 0.3 is 12.0 Å². The third-order valence-corrected chi connectivity index (χ3v) is 7.50. The van der Waals surface area contributed by atoms with E-state index in [9.17, 15) is 19.5 Å². The van der Waals surface area contributed by atoms with Gasteiger partial charge in [-0.2, -0.15) is 0 Å². The van der Waals surface area contributed by atoms with Gasteiger partial charge in [0.15, 0.2) is 0 Å². The van der Waals surface area contributed by atoms with E-state index in [2.05, 4.69) is 41.1 Å². The van der Waals surface area contributed by atoms with Crippen LogP contribution in [0.25, 0.3) is 0 Å². The van der Waals surface area contributed by atoms with Crippen molar-refractivity contribution in [1.29, 1.82) is 0 Å². The number of carbonyl (C=O) groups excluding carboxylic acids is 3. The Bertz CT molecular complexity index is 1110. The molecule has 1 heterocycles. The summed E-state index contributed by atoms with van der Waals surface area (Å²) in [7, 11) is 1.60. The fourth-order valence-corrected chi connectivity index (χ4v) is 5.03. The number of nitrogens with one attached hydrogen (secondary N) is 3. The first kappa shape index (κ1) is 32.8. The summed E-state index contributed by atoms with van der Waals surface area (Å²) in [6.07, 6.45) is 17.2. The monoisotopic (exact) mass is 554 g/mol. The molecule has 40 heavy (non-hydrogen) atoms. The zero-order valence-electron chi connectivity index (χ0n) is 24.7. The van der Waals surface area contributed by atoms with Gasteiger partial charge in [0.1, 0.15) is 12.3 Å². The highest BCUT2D eigenvalue weighted by atomic mass is 16.5. The molecular weight excluding hydrogens is 508 g/mol. The fourth-order valence-electron chi connectivity index (χ4n) is 5.03. The first-order chi connectivity index (χ1) is 18.7. The highest BCUT2D eigenvalue weighted by Gasteiger charge is 2.36. The molecule has 6 N–H and O–H groups in total. The Morgan fingerprint density at radius 2 is 1.85 bits per heavy atom. The standard InChI is InChI=1S/C31H46N4O5/c1-19-9-8-10-26(37)40-28(22(4)27(38)29(32)34-23(5)36)21(3)12-11-20(2)17-24-13-14-25(35-30(39)33-7)18-31(24,6)16-15-19/h8-17,21-22,24-25,27-29,38H,18,32H2,1-7H3,(H,34,36)(H2,33,35,39)/b10-8+,12-11+,16-15+,19-9-,20-17+/t21-,22-,24-,25-,27+,28-,29+,31-/m1/s1. The molecule has 0 aromatic carbocycles. The van der Waals surface area contributed by atoms with E-state index in [0.29, 0.717) is 6.42 Å². The lowest BCUT2D eigenvalue weighted by Crippen LogP contribution is -2.54. The molecule has 0 aromatic rings. The maximum absolute atomic E-state index is 12.7. The molecule has 0 aromatic heterocycles. The van der Waals surface area contributed by atoms with E-state index in [1.54, 1.807) is 20.0 Å². The highest BCUT2D eigenvalue weighted by Crippen LogP contribution is 2.41. The summed E-state index contributed by atoms with van der Waals surface area (Å²) in [5, 5.41) is 18.9. The van der Waals surface area contributed by atoms with Crippen molar-refractivity contribution in [2.75, 3.05) is 7.05 Å². The number of fused-ring (bicyclic) bond motifs is 1. The number of allylic oxidation sites excluding steroid dienone is 9. The average Bonchev–Trinajstić information content (AvgIpc) is 2.89. The van der Waals surface area contributed by atoms with Gasteiger partial charge in [-0.1, -0.05) is 86.6 Å². The molecule has 1 aliphatic carbocycles. The third-order valence-electron chi connectivity index (χ3n) is 7.50. The van der Waals surface area contributed by atoms with Gasteiger partial charge < -0.3 is 31.5 Å². The Labute approximate surface area is 238 Å². The molecule has 1 aliphatic heterocycles. The van der Waals surface area contributed by atoms with Crippen LogP contribution in [0.4, 0.5) is 4.79 Å². The van der Waals surface area contributed by atoms with E-state index in [4.69, 9.17) is 10.5 Å². The van der Waals surface area contributed by atoms with Crippen molar-refractivity contribution in [3.8, 4) is 0 Å². The minimum absolute atomic E-state index is 0.0766. The maximum atomic E-state index is 12.7. The van der Waals surface area contributed by atoms with Crippen LogP contribution in [0.1, 0.15) is 48.0 Å². The number of aliphatic hydroxyl groups is 1. The minimum atomic E-state index is -1.14. The van der Waals surface area contributed by atoms with Crippen molar-refractivity contribution >= 4 is 17.9 Å². The molecule has 0 unspecified atom stereocenters. The second-order valence-electron chi connectivity index (χ2n) is 11.2. The Kier molecular flexibility index (Phi) is 12.1. The van der Waals surface area contributed by atoms with Crippen molar-refractivity contribution in [3.63, 3.8) is 0 Å². The van der Waals surface area contributed by atoms with Crippen LogP contribution in [0.2, 0.25) is 0 Å². The van der Waals surface area contributed by atoms with Gasteiger partial charge in [-0.3, -0.25) is 4.79 Å². The van der Waals surface area contributed by atoms with Crippen molar-refractivity contribution in [3.05, 3.63) is 71.9 Å². The van der Waals surface area contributed by atoms with Crippen molar-refractivity contribution in [1.82, 2.24) is 16.0 Å². The Balaban J connectivity index is 2.47. The van der Waals surface area contributed by atoms with Gasteiger partial charge in [-0.25, -0.2) is 9.59 Å². The minimum Gasteiger partial charge on any atom is -0.458 e. The molecule has 0 radical (unpaired) electrons. The van der Waals surface area contributed by atoms with Crippen molar-refractivity contribution in [2.24, 2.45) is 28.9 Å². The van der Waals surface area contributed by atoms with Gasteiger partial charge in [0.2, 0.25) is 5.91 Å². The second kappa shape index (κ2) is 14.8. The molecular formula is C31H46N4O5. The number of carbonyl (C=O) groups is 3. The largest absolute Gasteiger partial charge is 0.458 e. The number of hydrogen-bond donors (Lipinski definition) is 5. The number of amides is 3. The van der Waals surface area contributed by atoms with Gasteiger partial charge in [0.05, 0.1) is 6.10 Å². The smallest absolute Gasteiger partial charge is 0.331 e. The zero-order chi connectivity index (χ0) is 30.0. The number of esters is 1. The Morgan fingerprint density at radius 1 is 1.15 bits per heavy atom. The normalized spacial score (nSPS) is 34.7. The number of nitrogens with two attached hydrogens (primary N) is 1. The van der Waals surface area contributed by atoms with Crippen LogP contribution >= 0.6 is 0 Å². The number of hydrogen-bond acceptors (Lipinski definition) is 6. The number of aliphatic hydroxyl groups excluding tert-OH is 1. The summed E-state index contributed by atoms with van der Waals surface area (Å²) in [6, 6.07) is -0.338. The van der Waals surface area contributed by atoms with E-state index < -0.39 is 30.3 Å². The molecule has 0 bridgehead atoms. The van der Waals surface area contributed by atoms with Crippen LogP contribution in [0.15, 0.2) is 71.9 Å². The summed E-state index contributed by atoms with van der Waals surface area (Å²) < 4.78 is 5.80. The molecule has 0 spiro atoms. The predicted molar refractivity (Wildman–Crippen MR) is 158 cm³/mol. The molecule has 0 fully saturated rings. The van der Waals surface area contributed by atoms with E-state index in [1.807, 2.05) is 51.2 Å². The fraction of sp³-hybridized carbons (Fsp3) is 0.516. The highest BCUT2D eigenvalue weighted by molar-refractivity contribution is 5.82. The zero-order valence-corrected chi connectivity index (χ0v) is 24.7. The number of cyclic esters (lactones) is 1. The summed E-state index contributed by atoms with van der Waals surface area (Å²) in [5.74, 6) is -1.67. The van der Waals surface area contributed by atoms with Gasteiger partial charge in [0.25, 0.3) is 0 Å². The molecule has 9 heteroatoms. The molecule has 0 saturated heterocycles. The summed E-state index contributed by atoms with van der Waals surface area (Å²) in [6.45, 7) is 11.1. The van der Waals surface area contributed by atoms with E-state index in [1.165, 1.54) is 13.0 Å². The molecule has 8 atom stereocenters. The molecule has 220 valence electrons. The van der Waals surface area contributed by atoms with Crippen LogP contribution < -0.4 is 21.7 Å². The predicted octanol–water partition coefficient (Wildman–Crippen LogP) is 3.41. The summed E-state index contributed by atoms with van der Waals surface area (Å²) in [5.41, 5.74) is 7.67. The van der Waals surface area contributed by atoms with Gasteiger partial charge in [-0.05, 0) is 25.7 Å². The summed E-state index contributed by atoms with van der Waals surface area (Å²) in [4.78, 5) is 36.2. The Hall–Kier alpha value is -3.43. The maximum Gasteiger partial charge on any atom is 0.331 e. The van der Waals surface area contributed by atoms with Crippen molar-refractivity contribution < 1.29 is 24.2 Å². The quantitative estimate of drug-likeness (QED) is 0.200. The molecule has 2 rings (SSSR count). The van der Waals surface area contributed by atoms with Crippen LogP contribution in [-0.2, 0) is 14.3 Å². The lowest BCUT2D eigenvalue weighted by atomic mass is 9.68. The van der Waals surface area contributed by atoms with Crippen LogP contribution in [0, 0.1) is 23.2 Å².